The molecule has 1 amide bonds. The van der Waals surface area contributed by atoms with E-state index >= 15 is 0 Å². The smallest absolute Gasteiger partial charge is 0.262 e. The molecular formula is C25H27FN6O5. The van der Waals surface area contributed by atoms with Crippen LogP contribution < -0.4 is 29.9 Å². The van der Waals surface area contributed by atoms with Gasteiger partial charge in [0, 0.05) is 13.1 Å². The number of aromatic nitrogens is 2. The highest BCUT2D eigenvalue weighted by Gasteiger charge is 2.18. The van der Waals surface area contributed by atoms with Crippen LogP contribution in [0.4, 0.5) is 21.8 Å². The molecule has 1 fully saturated rings. The van der Waals surface area contributed by atoms with E-state index in [0.717, 1.165) is 6.20 Å². The fourth-order valence-corrected chi connectivity index (χ4v) is 3.53. The van der Waals surface area contributed by atoms with E-state index in [9.17, 15) is 9.18 Å². The minimum atomic E-state index is -0.506. The molecule has 4 rings (SSSR count). The van der Waals surface area contributed by atoms with Gasteiger partial charge in [-0.25, -0.2) is 14.8 Å². The number of carbonyl (C=O) groups is 1. The predicted molar refractivity (Wildman–Crippen MR) is 136 cm³/mol. The molecule has 1 aliphatic heterocycles. The topological polar surface area (TPSA) is 119 Å². The average molecular weight is 511 g/mol. The molecule has 1 saturated heterocycles. The van der Waals surface area contributed by atoms with E-state index in [-0.39, 0.29) is 24.3 Å². The van der Waals surface area contributed by atoms with Crippen LogP contribution in [0.5, 0.6) is 17.2 Å². The molecule has 0 radical (unpaired) electrons. The molecule has 194 valence electrons. The molecule has 11 nitrogen and oxygen atoms in total. The van der Waals surface area contributed by atoms with Gasteiger partial charge in [-0.1, -0.05) is 12.1 Å². The zero-order valence-corrected chi connectivity index (χ0v) is 20.4. The van der Waals surface area contributed by atoms with Crippen LogP contribution in [-0.2, 0) is 9.53 Å². The van der Waals surface area contributed by atoms with Crippen LogP contribution in [0, 0.1) is 5.82 Å². The van der Waals surface area contributed by atoms with E-state index in [0.29, 0.717) is 54.8 Å². The highest BCUT2D eigenvalue weighted by atomic mass is 19.1. The third-order valence-electron chi connectivity index (χ3n) is 5.34. The Balaban J connectivity index is 1.35. The number of para-hydroxylation sites is 2. The summed E-state index contributed by atoms with van der Waals surface area (Å²) in [5.41, 5.74) is 3.95. The molecule has 12 heteroatoms. The fraction of sp³-hybridized carbons (Fsp3) is 0.280. The molecule has 1 aliphatic rings. The van der Waals surface area contributed by atoms with E-state index in [1.54, 1.807) is 41.3 Å². The number of methoxy groups -OCH3 is 2. The summed E-state index contributed by atoms with van der Waals surface area (Å²) in [6, 6.07) is 12.2. The van der Waals surface area contributed by atoms with E-state index in [2.05, 4.69) is 25.8 Å². The van der Waals surface area contributed by atoms with E-state index in [1.165, 1.54) is 20.4 Å². The number of morpholine rings is 1. The number of nitrogens with zero attached hydrogens (tertiary/aromatic N) is 4. The molecule has 0 atom stereocenters. The Labute approximate surface area is 213 Å². The number of anilines is 3. The standard InChI is InChI=1S/C25H27FN6O5/c1-34-20-6-4-3-5-19(20)29-23(33)16-37-21-8-7-17(13-22(21)35-2)14-28-31-25-27-15-18(26)24(30-25)32-9-11-36-12-10-32/h3-8,13-15H,9-12,16H2,1-2H3,(H,29,33)(H,27,30,31). The van der Waals surface area contributed by atoms with Gasteiger partial charge in [-0.05, 0) is 35.9 Å². The number of amides is 1. The first kappa shape index (κ1) is 25.6. The zero-order chi connectivity index (χ0) is 26.0. The number of hydrazone groups is 1. The summed E-state index contributed by atoms with van der Waals surface area (Å²) >= 11 is 0. The second-order valence-corrected chi connectivity index (χ2v) is 7.78. The highest BCUT2D eigenvalue weighted by Crippen LogP contribution is 2.28. The van der Waals surface area contributed by atoms with Crippen molar-refractivity contribution in [1.82, 2.24) is 9.97 Å². The van der Waals surface area contributed by atoms with Crippen molar-refractivity contribution >= 4 is 29.6 Å². The SMILES string of the molecule is COc1ccccc1NC(=O)COc1ccc(C=NNc2ncc(F)c(N3CCOCC3)n2)cc1OC. The highest BCUT2D eigenvalue weighted by molar-refractivity contribution is 5.93. The molecule has 0 aliphatic carbocycles. The van der Waals surface area contributed by atoms with E-state index in [4.69, 9.17) is 18.9 Å². The molecule has 0 spiro atoms. The van der Waals surface area contributed by atoms with Crippen molar-refractivity contribution < 1.29 is 28.1 Å². The summed E-state index contributed by atoms with van der Waals surface area (Å²) < 4.78 is 35.8. The van der Waals surface area contributed by atoms with Crippen LogP contribution in [0.25, 0.3) is 0 Å². The molecule has 2 aromatic carbocycles. The van der Waals surface area contributed by atoms with Crippen LogP contribution >= 0.6 is 0 Å². The summed E-state index contributed by atoms with van der Waals surface area (Å²) in [4.78, 5) is 22.3. The lowest BCUT2D eigenvalue weighted by molar-refractivity contribution is -0.118. The van der Waals surface area contributed by atoms with Crippen molar-refractivity contribution in [2.75, 3.05) is 62.8 Å². The second-order valence-electron chi connectivity index (χ2n) is 7.78. The second kappa shape index (κ2) is 12.5. The normalized spacial score (nSPS) is 13.3. The lowest BCUT2D eigenvalue weighted by Gasteiger charge is -2.27. The Bertz CT molecular complexity index is 1250. The Morgan fingerprint density at radius 1 is 1.14 bits per heavy atom. The largest absolute Gasteiger partial charge is 0.495 e. The Morgan fingerprint density at radius 2 is 1.92 bits per heavy atom. The number of hydrogen-bond acceptors (Lipinski definition) is 10. The van der Waals surface area contributed by atoms with Gasteiger partial charge in [0.05, 0.1) is 45.5 Å². The number of nitrogens with one attached hydrogen (secondary N) is 2. The van der Waals surface area contributed by atoms with Crippen LogP contribution in [0.1, 0.15) is 5.56 Å². The molecule has 37 heavy (non-hydrogen) atoms. The van der Waals surface area contributed by atoms with Crippen LogP contribution in [0.3, 0.4) is 0 Å². The molecule has 0 unspecified atom stereocenters. The van der Waals surface area contributed by atoms with E-state index in [1.807, 2.05) is 6.07 Å². The number of carbonyl (C=O) groups excluding carboxylic acids is 1. The van der Waals surface area contributed by atoms with Crippen LogP contribution in [0.15, 0.2) is 53.8 Å². The summed E-state index contributed by atoms with van der Waals surface area (Å²) in [5, 5.41) is 6.88. The van der Waals surface area contributed by atoms with Gasteiger partial charge in [0.1, 0.15) is 5.75 Å². The first-order chi connectivity index (χ1) is 18.1. The number of rotatable bonds is 10. The van der Waals surface area contributed by atoms with Gasteiger partial charge in [-0.3, -0.25) is 4.79 Å². The number of benzene rings is 2. The summed E-state index contributed by atoms with van der Waals surface area (Å²) in [7, 11) is 3.03. The molecule has 0 saturated carbocycles. The van der Waals surface area contributed by atoms with E-state index < -0.39 is 5.82 Å². The van der Waals surface area contributed by atoms with Gasteiger partial charge < -0.3 is 29.2 Å². The van der Waals surface area contributed by atoms with Crippen molar-refractivity contribution in [3.63, 3.8) is 0 Å². The monoisotopic (exact) mass is 510 g/mol. The summed E-state index contributed by atoms with van der Waals surface area (Å²) in [6.07, 6.45) is 2.64. The fourth-order valence-electron chi connectivity index (χ4n) is 3.53. The van der Waals surface area contributed by atoms with Crippen LogP contribution in [-0.4, -0.2) is 69.2 Å². The van der Waals surface area contributed by atoms with Gasteiger partial charge >= 0.3 is 0 Å². The van der Waals surface area contributed by atoms with Gasteiger partial charge in [0.15, 0.2) is 29.7 Å². The maximum absolute atomic E-state index is 14.2. The first-order valence-corrected chi connectivity index (χ1v) is 11.5. The van der Waals surface area contributed by atoms with Crippen molar-refractivity contribution in [2.24, 2.45) is 5.10 Å². The third kappa shape index (κ3) is 6.82. The Kier molecular flexibility index (Phi) is 8.66. The minimum absolute atomic E-state index is 0.159. The third-order valence-corrected chi connectivity index (χ3v) is 5.34. The zero-order valence-electron chi connectivity index (χ0n) is 20.4. The Morgan fingerprint density at radius 3 is 2.70 bits per heavy atom. The lowest BCUT2D eigenvalue weighted by atomic mass is 10.2. The first-order valence-electron chi connectivity index (χ1n) is 11.5. The number of ether oxygens (including phenoxy) is 4. The van der Waals surface area contributed by atoms with Crippen molar-refractivity contribution in [3.8, 4) is 17.2 Å². The van der Waals surface area contributed by atoms with Crippen molar-refractivity contribution in [3.05, 3.63) is 60.0 Å². The lowest BCUT2D eigenvalue weighted by Crippen LogP contribution is -2.37. The molecule has 2 N–H and O–H groups in total. The average Bonchev–Trinajstić information content (AvgIpc) is 2.94. The summed E-state index contributed by atoms with van der Waals surface area (Å²) in [5.74, 6) is 0.863. The Hall–Kier alpha value is -4.45. The maximum Gasteiger partial charge on any atom is 0.262 e. The van der Waals surface area contributed by atoms with Gasteiger partial charge in [-0.15, -0.1) is 0 Å². The van der Waals surface area contributed by atoms with Gasteiger partial charge in [-0.2, -0.15) is 10.1 Å². The van der Waals surface area contributed by atoms with Gasteiger partial charge in [0.25, 0.3) is 5.91 Å². The van der Waals surface area contributed by atoms with Crippen molar-refractivity contribution in [2.45, 2.75) is 0 Å². The molecule has 1 aromatic heterocycles. The minimum Gasteiger partial charge on any atom is -0.495 e. The molecule has 2 heterocycles. The quantitative estimate of drug-likeness (QED) is 0.313. The predicted octanol–water partition coefficient (Wildman–Crippen LogP) is 2.93. The van der Waals surface area contributed by atoms with Crippen LogP contribution in [0.2, 0.25) is 0 Å². The molecular weight excluding hydrogens is 483 g/mol. The maximum atomic E-state index is 14.2. The molecule has 3 aromatic rings. The van der Waals surface area contributed by atoms with Gasteiger partial charge in [0.2, 0.25) is 5.95 Å². The number of halogens is 1. The molecule has 0 bridgehead atoms. The number of hydrogen-bond donors (Lipinski definition) is 2. The summed E-state index contributed by atoms with van der Waals surface area (Å²) in [6.45, 7) is 1.90. The van der Waals surface area contributed by atoms with Crippen molar-refractivity contribution in [1.29, 1.82) is 0 Å².